The van der Waals surface area contributed by atoms with Crippen LogP contribution in [0.5, 0.6) is 0 Å². The molecule has 0 aromatic rings. The fourth-order valence-electron chi connectivity index (χ4n) is 6.94. The molecule has 3 saturated carbocycles. The van der Waals surface area contributed by atoms with Crippen LogP contribution in [0.2, 0.25) is 12.1 Å². The summed E-state index contributed by atoms with van der Waals surface area (Å²) in [5, 5.41) is 11.0. The van der Waals surface area contributed by atoms with Crippen LogP contribution in [0, 0.1) is 23.7 Å². The molecule has 4 heteroatoms. The predicted molar refractivity (Wildman–Crippen MR) is 93.9 cm³/mol. The van der Waals surface area contributed by atoms with Crippen LogP contribution in [-0.4, -0.2) is 29.6 Å². The second-order valence-electron chi connectivity index (χ2n) is 8.64. The molecule has 3 unspecified atom stereocenters. The van der Waals surface area contributed by atoms with Crippen molar-refractivity contribution in [3.8, 4) is 0 Å². The Hall–Kier alpha value is -0.895. The number of Topliss-reactive ketones (excluding diaryl/α,β-unsaturated/α-hetero) is 1. The number of rotatable bonds is 2. The molecule has 1 N–H and O–H groups in total. The Morgan fingerprint density at radius 2 is 1.83 bits per heavy atom. The van der Waals surface area contributed by atoms with Gasteiger partial charge in [-0.05, 0) is 86.9 Å². The van der Waals surface area contributed by atoms with Gasteiger partial charge in [-0.15, -0.1) is 0 Å². The summed E-state index contributed by atoms with van der Waals surface area (Å²) in [7, 11) is 2.37. The fraction of sp³-hybridized carbons (Fsp3) is 0.800. The molecule has 0 amide bonds. The smallest absolute Gasteiger partial charge is 0.161 e. The van der Waals surface area contributed by atoms with Crippen LogP contribution in [0.3, 0.4) is 0 Å². The fourth-order valence-corrected chi connectivity index (χ4v) is 6.94. The molecule has 0 spiro atoms. The third kappa shape index (κ3) is 2.08. The van der Waals surface area contributed by atoms with Gasteiger partial charge in [-0.2, -0.15) is 0 Å². The Kier molecular flexibility index (Phi) is 3.83. The van der Waals surface area contributed by atoms with Gasteiger partial charge in [0.25, 0.3) is 0 Å². The van der Waals surface area contributed by atoms with E-state index < -0.39 is 5.60 Å². The lowest BCUT2D eigenvalue weighted by Crippen LogP contribution is -2.51. The first-order valence-corrected chi connectivity index (χ1v) is 9.70. The minimum Gasteiger partial charge on any atom is -0.382 e. The first-order chi connectivity index (χ1) is 11.4. The zero-order chi connectivity index (χ0) is 17.1. The molecule has 0 aliphatic heterocycles. The van der Waals surface area contributed by atoms with Gasteiger partial charge in [0.05, 0.1) is 0 Å². The number of carbonyl (C=O) groups excluding carboxylic acids is 2. The van der Waals surface area contributed by atoms with Gasteiger partial charge in [0.1, 0.15) is 12.9 Å². The highest BCUT2D eigenvalue weighted by Gasteiger charge is 2.59. The molecule has 0 aromatic heterocycles. The highest BCUT2D eigenvalue weighted by Crippen LogP contribution is 2.66. The third-order valence-electron chi connectivity index (χ3n) is 8.10. The Morgan fingerprint density at radius 3 is 2.54 bits per heavy atom. The van der Waals surface area contributed by atoms with Crippen molar-refractivity contribution in [3.63, 3.8) is 0 Å². The van der Waals surface area contributed by atoms with Crippen LogP contribution < -0.4 is 0 Å². The number of fused-ring (bicyclic) bond motifs is 5. The van der Waals surface area contributed by atoms with Crippen molar-refractivity contribution in [1.82, 2.24) is 0 Å². The molecule has 0 saturated heterocycles. The third-order valence-corrected chi connectivity index (χ3v) is 8.10. The van der Waals surface area contributed by atoms with Gasteiger partial charge in [-0.3, -0.25) is 9.59 Å². The Labute approximate surface area is 145 Å². The number of carbonyl (C=O) groups is 2. The Bertz CT molecular complexity index is 612. The van der Waals surface area contributed by atoms with Crippen molar-refractivity contribution in [3.05, 3.63) is 11.6 Å². The lowest BCUT2D eigenvalue weighted by Gasteiger charge is -2.57. The monoisotopic (exact) mass is 327 g/mol. The summed E-state index contributed by atoms with van der Waals surface area (Å²) in [4.78, 5) is 24.0. The summed E-state index contributed by atoms with van der Waals surface area (Å²) in [5.41, 5.74) is 0.290. The van der Waals surface area contributed by atoms with Crippen LogP contribution in [0.25, 0.3) is 0 Å². The Morgan fingerprint density at radius 1 is 1.12 bits per heavy atom. The molecular formula is C20H28BO3. The number of allylic oxidation sites excluding steroid dienone is 1. The number of ketones is 2. The zero-order valence-corrected chi connectivity index (χ0v) is 14.9. The van der Waals surface area contributed by atoms with E-state index in [-0.39, 0.29) is 17.0 Å². The van der Waals surface area contributed by atoms with Crippen molar-refractivity contribution in [2.75, 3.05) is 0 Å². The van der Waals surface area contributed by atoms with Gasteiger partial charge in [-0.25, -0.2) is 0 Å². The van der Waals surface area contributed by atoms with Gasteiger partial charge in [0, 0.05) is 6.42 Å². The van der Waals surface area contributed by atoms with E-state index in [1.807, 2.05) is 6.08 Å². The summed E-state index contributed by atoms with van der Waals surface area (Å²) in [6.45, 7) is 3.73. The van der Waals surface area contributed by atoms with Gasteiger partial charge in [0.2, 0.25) is 0 Å². The molecule has 24 heavy (non-hydrogen) atoms. The molecule has 4 aliphatic carbocycles. The van der Waals surface area contributed by atoms with Gasteiger partial charge in [0.15, 0.2) is 11.6 Å². The molecule has 129 valence electrons. The van der Waals surface area contributed by atoms with Crippen LogP contribution in [0.4, 0.5) is 0 Å². The summed E-state index contributed by atoms with van der Waals surface area (Å²) >= 11 is 0. The molecule has 4 aliphatic rings. The molecule has 1 radical (unpaired) electrons. The van der Waals surface area contributed by atoms with E-state index >= 15 is 0 Å². The molecular weight excluding hydrogens is 299 g/mol. The lowest BCUT2D eigenvalue weighted by molar-refractivity contribution is -0.142. The lowest BCUT2D eigenvalue weighted by atomic mass is 9.36. The van der Waals surface area contributed by atoms with E-state index in [0.29, 0.717) is 36.4 Å². The summed E-state index contributed by atoms with van der Waals surface area (Å²) < 4.78 is 0. The number of hydrogen-bond acceptors (Lipinski definition) is 3. The van der Waals surface area contributed by atoms with Gasteiger partial charge >= 0.3 is 0 Å². The van der Waals surface area contributed by atoms with Crippen LogP contribution in [0.1, 0.15) is 58.3 Å². The van der Waals surface area contributed by atoms with E-state index in [0.717, 1.165) is 38.5 Å². The normalized spacial score (nSPS) is 47.3. The van der Waals surface area contributed by atoms with E-state index in [2.05, 4.69) is 14.1 Å². The minimum absolute atomic E-state index is 0.0372. The van der Waals surface area contributed by atoms with Gasteiger partial charge in [-0.1, -0.05) is 12.4 Å². The molecule has 4 rings (SSSR count). The van der Waals surface area contributed by atoms with Crippen LogP contribution >= 0.6 is 0 Å². The Balaban J connectivity index is 1.67. The second kappa shape index (κ2) is 5.55. The van der Waals surface area contributed by atoms with Crippen molar-refractivity contribution < 1.29 is 14.7 Å². The predicted octanol–water partition coefficient (Wildman–Crippen LogP) is 3.35. The molecule has 6 atom stereocenters. The maximum Gasteiger partial charge on any atom is 0.161 e. The minimum atomic E-state index is -1.07. The van der Waals surface area contributed by atoms with Crippen LogP contribution in [-0.2, 0) is 9.59 Å². The highest BCUT2D eigenvalue weighted by atomic mass is 16.3. The standard InChI is InChI=1S/C20H28BO3/c1-12(22)20(24)10-8-16-15-4-3-13-11-14(23)7-9-19(13,21-2)17(15)5-6-18(16)20/h11,15-18,24H,3-10H2,1-2H3/t15?,16?,17?,18-,19+,20-/m0/s1. The van der Waals surface area contributed by atoms with Crippen molar-refractivity contribution in [2.24, 2.45) is 23.7 Å². The summed E-state index contributed by atoms with van der Waals surface area (Å²) in [6.07, 6.45) is 9.37. The first-order valence-electron chi connectivity index (χ1n) is 9.70. The molecule has 0 heterocycles. The van der Waals surface area contributed by atoms with Crippen molar-refractivity contribution in [1.29, 1.82) is 0 Å². The van der Waals surface area contributed by atoms with E-state index in [1.165, 1.54) is 5.57 Å². The van der Waals surface area contributed by atoms with Crippen molar-refractivity contribution in [2.45, 2.75) is 76.0 Å². The maximum absolute atomic E-state index is 12.1. The van der Waals surface area contributed by atoms with Gasteiger partial charge < -0.3 is 5.11 Å². The topological polar surface area (TPSA) is 54.4 Å². The molecule has 3 fully saturated rings. The maximum atomic E-state index is 12.1. The van der Waals surface area contributed by atoms with E-state index in [9.17, 15) is 14.7 Å². The molecule has 3 nitrogen and oxygen atoms in total. The quantitative estimate of drug-likeness (QED) is 0.791. The van der Waals surface area contributed by atoms with E-state index in [4.69, 9.17) is 0 Å². The highest BCUT2D eigenvalue weighted by molar-refractivity contribution is 6.40. The number of aliphatic hydroxyl groups is 1. The number of hydrogen-bond donors (Lipinski definition) is 1. The molecule has 0 bridgehead atoms. The average molecular weight is 327 g/mol. The van der Waals surface area contributed by atoms with Crippen LogP contribution in [0.15, 0.2) is 11.6 Å². The first kappa shape index (κ1) is 16.6. The van der Waals surface area contributed by atoms with Crippen molar-refractivity contribution >= 4 is 18.8 Å². The van der Waals surface area contributed by atoms with E-state index in [1.54, 1.807) is 6.92 Å². The zero-order valence-electron chi connectivity index (χ0n) is 14.9. The second-order valence-corrected chi connectivity index (χ2v) is 8.64. The molecule has 0 aromatic carbocycles. The largest absolute Gasteiger partial charge is 0.382 e. The SMILES string of the molecule is C[B][C@]12CCC(=O)C=C1CCC1C3CC[C@](O)(C(C)=O)[C@H]3CCC12. The summed E-state index contributed by atoms with van der Waals surface area (Å²) in [6, 6.07) is 0. The average Bonchev–Trinajstić information content (AvgIpc) is 2.93. The summed E-state index contributed by atoms with van der Waals surface area (Å²) in [5.74, 6) is 2.07.